The summed E-state index contributed by atoms with van der Waals surface area (Å²) >= 11 is 0. The Hall–Kier alpha value is -1.79. The lowest BCUT2D eigenvalue weighted by Crippen LogP contribution is -2.41. The highest BCUT2D eigenvalue weighted by molar-refractivity contribution is 5.52. The normalized spacial score (nSPS) is 13.3. The third-order valence-electron chi connectivity index (χ3n) is 3.01. The van der Waals surface area contributed by atoms with Crippen molar-refractivity contribution in [1.29, 1.82) is 0 Å². The van der Waals surface area contributed by atoms with Gasteiger partial charge in [0.25, 0.3) is 0 Å². The second-order valence-electron chi connectivity index (χ2n) is 6.04. The maximum atomic E-state index is 5.27. The largest absolute Gasteiger partial charge is 0.382 e. The predicted octanol–water partition coefficient (Wildman–Crippen LogP) is 1.92. The zero-order chi connectivity index (χ0) is 15.3. The van der Waals surface area contributed by atoms with Crippen LogP contribution >= 0.6 is 0 Å². The van der Waals surface area contributed by atoms with Gasteiger partial charge >= 0.3 is 0 Å². The van der Waals surface area contributed by atoms with Crippen LogP contribution < -0.4 is 5.32 Å². The summed E-state index contributed by atoms with van der Waals surface area (Å²) < 4.78 is 5.27. The number of benzene rings is 1. The SMILES string of the molecule is COCC(CNC(C)(C)C)n1nnc(-c2ccccc2)n1. The van der Waals surface area contributed by atoms with Crippen molar-refractivity contribution in [3.63, 3.8) is 0 Å². The highest BCUT2D eigenvalue weighted by atomic mass is 16.5. The van der Waals surface area contributed by atoms with E-state index in [1.165, 1.54) is 0 Å². The first-order valence-electron chi connectivity index (χ1n) is 7.08. The van der Waals surface area contributed by atoms with Gasteiger partial charge < -0.3 is 10.1 Å². The van der Waals surface area contributed by atoms with Gasteiger partial charge in [0.2, 0.25) is 5.82 Å². The fraction of sp³-hybridized carbons (Fsp3) is 0.533. The minimum absolute atomic E-state index is 0.0131. The van der Waals surface area contributed by atoms with Crippen LogP contribution in [0.3, 0.4) is 0 Å². The number of nitrogens with one attached hydrogen (secondary N) is 1. The van der Waals surface area contributed by atoms with Crippen LogP contribution in [0.5, 0.6) is 0 Å². The molecular formula is C15H23N5O. The number of aromatic nitrogens is 4. The quantitative estimate of drug-likeness (QED) is 0.880. The molecule has 0 bridgehead atoms. The number of ether oxygens (including phenoxy) is 1. The third kappa shape index (κ3) is 4.61. The molecule has 114 valence electrons. The Morgan fingerprint density at radius 3 is 2.57 bits per heavy atom. The molecule has 0 aliphatic rings. The van der Waals surface area contributed by atoms with Gasteiger partial charge in [-0.15, -0.1) is 10.2 Å². The maximum Gasteiger partial charge on any atom is 0.204 e. The van der Waals surface area contributed by atoms with E-state index in [0.29, 0.717) is 12.4 Å². The van der Waals surface area contributed by atoms with Gasteiger partial charge in [0.05, 0.1) is 6.61 Å². The molecule has 6 nitrogen and oxygen atoms in total. The Morgan fingerprint density at radius 1 is 1.24 bits per heavy atom. The molecule has 0 radical (unpaired) electrons. The fourth-order valence-electron chi connectivity index (χ4n) is 1.91. The molecule has 1 heterocycles. The van der Waals surface area contributed by atoms with Gasteiger partial charge in [-0.05, 0) is 26.0 Å². The third-order valence-corrected chi connectivity index (χ3v) is 3.01. The minimum Gasteiger partial charge on any atom is -0.382 e. The molecule has 1 aromatic carbocycles. The van der Waals surface area contributed by atoms with Gasteiger partial charge in [-0.3, -0.25) is 0 Å². The molecule has 1 N–H and O–H groups in total. The Balaban J connectivity index is 2.12. The molecule has 2 aromatic rings. The van der Waals surface area contributed by atoms with Crippen LogP contribution in [0.1, 0.15) is 26.8 Å². The lowest BCUT2D eigenvalue weighted by atomic mass is 10.1. The molecule has 1 unspecified atom stereocenters. The molecule has 0 spiro atoms. The Kier molecular flexibility index (Phi) is 5.03. The average molecular weight is 289 g/mol. The number of rotatable bonds is 6. The van der Waals surface area contributed by atoms with Crippen LogP contribution in [0.15, 0.2) is 30.3 Å². The zero-order valence-corrected chi connectivity index (χ0v) is 13.1. The smallest absolute Gasteiger partial charge is 0.204 e. The average Bonchev–Trinajstić information content (AvgIpc) is 2.93. The van der Waals surface area contributed by atoms with Crippen LogP contribution in [-0.4, -0.2) is 46.0 Å². The summed E-state index contributed by atoms with van der Waals surface area (Å²) in [6.45, 7) is 7.64. The van der Waals surface area contributed by atoms with E-state index >= 15 is 0 Å². The summed E-state index contributed by atoms with van der Waals surface area (Å²) in [4.78, 5) is 1.63. The Bertz CT molecular complexity index is 547. The minimum atomic E-state index is 0.0131. The van der Waals surface area contributed by atoms with E-state index in [9.17, 15) is 0 Å². The molecule has 0 amide bonds. The molecule has 2 rings (SSSR count). The van der Waals surface area contributed by atoms with E-state index in [-0.39, 0.29) is 11.6 Å². The van der Waals surface area contributed by atoms with E-state index in [4.69, 9.17) is 4.74 Å². The molecule has 0 aliphatic carbocycles. The number of nitrogens with zero attached hydrogens (tertiary/aromatic N) is 4. The van der Waals surface area contributed by atoms with E-state index in [0.717, 1.165) is 12.1 Å². The first-order valence-corrected chi connectivity index (χ1v) is 7.08. The number of tetrazole rings is 1. The van der Waals surface area contributed by atoms with Crippen molar-refractivity contribution in [3.8, 4) is 11.4 Å². The molecule has 6 heteroatoms. The molecule has 0 saturated heterocycles. The number of methoxy groups -OCH3 is 1. The van der Waals surface area contributed by atoms with Gasteiger partial charge in [0.15, 0.2) is 0 Å². The molecule has 21 heavy (non-hydrogen) atoms. The van der Waals surface area contributed by atoms with Crippen LogP contribution in [-0.2, 0) is 4.74 Å². The molecular weight excluding hydrogens is 266 g/mol. The van der Waals surface area contributed by atoms with Crippen molar-refractivity contribution >= 4 is 0 Å². The zero-order valence-electron chi connectivity index (χ0n) is 13.1. The Labute approximate surface area is 125 Å². The number of hydrogen-bond donors (Lipinski definition) is 1. The van der Waals surface area contributed by atoms with Crippen LogP contribution in [0.25, 0.3) is 11.4 Å². The first kappa shape index (κ1) is 15.6. The van der Waals surface area contributed by atoms with Gasteiger partial charge in [-0.1, -0.05) is 30.3 Å². The molecule has 0 saturated carbocycles. The van der Waals surface area contributed by atoms with Crippen molar-refractivity contribution < 1.29 is 4.74 Å². The molecule has 0 fully saturated rings. The number of hydrogen-bond acceptors (Lipinski definition) is 5. The maximum absolute atomic E-state index is 5.27. The van der Waals surface area contributed by atoms with E-state index < -0.39 is 0 Å². The van der Waals surface area contributed by atoms with E-state index in [1.807, 2.05) is 30.3 Å². The standard InChI is InChI=1S/C15H23N5O/c1-15(2,3)16-10-13(11-21-4)20-18-14(17-19-20)12-8-6-5-7-9-12/h5-9,13,16H,10-11H2,1-4H3. The monoisotopic (exact) mass is 289 g/mol. The molecule has 0 aliphatic heterocycles. The predicted molar refractivity (Wildman–Crippen MR) is 81.9 cm³/mol. The fourth-order valence-corrected chi connectivity index (χ4v) is 1.91. The van der Waals surface area contributed by atoms with Crippen molar-refractivity contribution in [2.45, 2.75) is 32.4 Å². The second-order valence-corrected chi connectivity index (χ2v) is 6.04. The van der Waals surface area contributed by atoms with Crippen molar-refractivity contribution in [2.24, 2.45) is 0 Å². The molecule has 1 aromatic heterocycles. The van der Waals surface area contributed by atoms with Crippen molar-refractivity contribution in [3.05, 3.63) is 30.3 Å². The first-order chi connectivity index (χ1) is 9.99. The summed E-state index contributed by atoms with van der Waals surface area (Å²) in [6.07, 6.45) is 0. The topological polar surface area (TPSA) is 64.9 Å². The summed E-state index contributed by atoms with van der Waals surface area (Å²) in [5.74, 6) is 0.632. The van der Waals surface area contributed by atoms with Crippen molar-refractivity contribution in [2.75, 3.05) is 20.3 Å². The molecule has 1 atom stereocenters. The van der Waals surface area contributed by atoms with Crippen LogP contribution in [0, 0.1) is 0 Å². The second kappa shape index (κ2) is 6.78. The lowest BCUT2D eigenvalue weighted by Gasteiger charge is -2.24. The summed E-state index contributed by atoms with van der Waals surface area (Å²) in [5, 5.41) is 16.2. The van der Waals surface area contributed by atoms with Gasteiger partial charge in [-0.2, -0.15) is 4.80 Å². The highest BCUT2D eigenvalue weighted by Crippen LogP contribution is 2.14. The Morgan fingerprint density at radius 2 is 1.95 bits per heavy atom. The van der Waals surface area contributed by atoms with Crippen LogP contribution in [0.2, 0.25) is 0 Å². The van der Waals surface area contributed by atoms with Crippen molar-refractivity contribution in [1.82, 2.24) is 25.5 Å². The van der Waals surface area contributed by atoms with Gasteiger partial charge in [-0.25, -0.2) is 0 Å². The van der Waals surface area contributed by atoms with Gasteiger partial charge in [0, 0.05) is 24.8 Å². The van der Waals surface area contributed by atoms with E-state index in [1.54, 1.807) is 11.9 Å². The summed E-state index contributed by atoms with van der Waals surface area (Å²) in [6, 6.07) is 9.85. The lowest BCUT2D eigenvalue weighted by molar-refractivity contribution is 0.136. The highest BCUT2D eigenvalue weighted by Gasteiger charge is 2.18. The summed E-state index contributed by atoms with van der Waals surface area (Å²) in [5.41, 5.74) is 0.998. The van der Waals surface area contributed by atoms with E-state index in [2.05, 4.69) is 41.5 Å². The van der Waals surface area contributed by atoms with Crippen LogP contribution in [0.4, 0.5) is 0 Å². The summed E-state index contributed by atoms with van der Waals surface area (Å²) in [7, 11) is 1.68. The van der Waals surface area contributed by atoms with Gasteiger partial charge in [0.1, 0.15) is 6.04 Å².